The third-order valence-corrected chi connectivity index (χ3v) is 4.38. The SMILES string of the molecule is Cc1cc(Cl)c(OCC2CCC2)c(C2(O)CC2)c1. The summed E-state index contributed by atoms with van der Waals surface area (Å²) in [4.78, 5) is 0. The molecule has 2 aliphatic rings. The predicted molar refractivity (Wildman–Crippen MR) is 72.2 cm³/mol. The van der Waals surface area contributed by atoms with Gasteiger partial charge in [-0.1, -0.05) is 18.0 Å². The standard InChI is InChI=1S/C15H19ClO2/c1-10-7-12(15(17)5-6-15)14(13(16)8-10)18-9-11-3-2-4-11/h7-8,11,17H,2-6,9H2,1H3. The zero-order valence-corrected chi connectivity index (χ0v) is 11.5. The molecule has 3 heteroatoms. The van der Waals surface area contributed by atoms with Crippen LogP contribution in [0.3, 0.4) is 0 Å². The zero-order valence-electron chi connectivity index (χ0n) is 10.7. The molecule has 0 aliphatic heterocycles. The van der Waals surface area contributed by atoms with E-state index in [1.165, 1.54) is 19.3 Å². The fourth-order valence-corrected chi connectivity index (χ4v) is 2.80. The molecule has 0 radical (unpaired) electrons. The number of halogens is 1. The molecule has 3 rings (SSSR count). The molecule has 1 aromatic rings. The normalized spacial score (nSPS) is 21.5. The van der Waals surface area contributed by atoms with E-state index in [1.54, 1.807) is 0 Å². The third-order valence-electron chi connectivity index (χ3n) is 4.10. The second-order valence-corrected chi connectivity index (χ2v) is 6.17. The Labute approximate surface area is 113 Å². The van der Waals surface area contributed by atoms with Crippen molar-refractivity contribution in [3.8, 4) is 5.75 Å². The maximum atomic E-state index is 10.3. The molecule has 0 heterocycles. The summed E-state index contributed by atoms with van der Waals surface area (Å²) >= 11 is 6.28. The minimum atomic E-state index is -0.690. The minimum Gasteiger partial charge on any atom is -0.491 e. The summed E-state index contributed by atoms with van der Waals surface area (Å²) in [6.45, 7) is 2.72. The molecule has 1 aromatic carbocycles. The lowest BCUT2D eigenvalue weighted by molar-refractivity contribution is 0.137. The van der Waals surface area contributed by atoms with Crippen LogP contribution < -0.4 is 4.74 Å². The maximum absolute atomic E-state index is 10.3. The Morgan fingerprint density at radius 1 is 1.39 bits per heavy atom. The van der Waals surface area contributed by atoms with Crippen LogP contribution in [0.25, 0.3) is 0 Å². The molecule has 1 N–H and O–H groups in total. The van der Waals surface area contributed by atoms with E-state index in [1.807, 2.05) is 19.1 Å². The molecule has 0 atom stereocenters. The van der Waals surface area contributed by atoms with Gasteiger partial charge in [0.05, 0.1) is 17.2 Å². The van der Waals surface area contributed by atoms with Crippen LogP contribution in [0.5, 0.6) is 5.75 Å². The average Bonchev–Trinajstić information content (AvgIpc) is 2.98. The number of ether oxygens (including phenoxy) is 1. The summed E-state index contributed by atoms with van der Waals surface area (Å²) in [7, 11) is 0. The highest BCUT2D eigenvalue weighted by molar-refractivity contribution is 6.32. The van der Waals surface area contributed by atoms with E-state index < -0.39 is 5.60 Å². The van der Waals surface area contributed by atoms with E-state index in [4.69, 9.17) is 16.3 Å². The maximum Gasteiger partial charge on any atom is 0.143 e. The van der Waals surface area contributed by atoms with Gasteiger partial charge in [-0.15, -0.1) is 0 Å². The molecule has 2 fully saturated rings. The van der Waals surface area contributed by atoms with E-state index in [-0.39, 0.29) is 0 Å². The van der Waals surface area contributed by atoms with Crippen LogP contribution in [0.1, 0.15) is 43.2 Å². The molecule has 18 heavy (non-hydrogen) atoms. The number of aryl methyl sites for hydroxylation is 1. The van der Waals surface area contributed by atoms with Crippen LogP contribution in [-0.4, -0.2) is 11.7 Å². The van der Waals surface area contributed by atoms with Crippen molar-refractivity contribution in [2.24, 2.45) is 5.92 Å². The molecule has 0 aromatic heterocycles. The van der Waals surface area contributed by atoms with E-state index >= 15 is 0 Å². The number of aliphatic hydroxyl groups is 1. The van der Waals surface area contributed by atoms with Crippen molar-refractivity contribution < 1.29 is 9.84 Å². The molecular weight excluding hydrogens is 248 g/mol. The van der Waals surface area contributed by atoms with Crippen molar-refractivity contribution in [3.05, 3.63) is 28.3 Å². The van der Waals surface area contributed by atoms with Crippen molar-refractivity contribution in [2.45, 2.75) is 44.6 Å². The summed E-state index contributed by atoms with van der Waals surface area (Å²) in [6.07, 6.45) is 5.44. The van der Waals surface area contributed by atoms with Gasteiger partial charge in [-0.2, -0.15) is 0 Å². The van der Waals surface area contributed by atoms with Gasteiger partial charge in [-0.25, -0.2) is 0 Å². The van der Waals surface area contributed by atoms with Crippen LogP contribution in [0.4, 0.5) is 0 Å². The summed E-state index contributed by atoms with van der Waals surface area (Å²) in [5.74, 6) is 1.37. The van der Waals surface area contributed by atoms with E-state index in [2.05, 4.69) is 0 Å². The van der Waals surface area contributed by atoms with E-state index in [9.17, 15) is 5.11 Å². The Bertz CT molecular complexity index is 462. The number of rotatable bonds is 4. The van der Waals surface area contributed by atoms with Gasteiger partial charge in [-0.05, 0) is 56.2 Å². The molecule has 2 aliphatic carbocycles. The van der Waals surface area contributed by atoms with E-state index in [0.717, 1.165) is 30.6 Å². The van der Waals surface area contributed by atoms with Gasteiger partial charge < -0.3 is 9.84 Å². The summed E-state index contributed by atoms with van der Waals surface area (Å²) in [5, 5.41) is 11.0. The second-order valence-electron chi connectivity index (χ2n) is 5.76. The first-order chi connectivity index (χ1) is 8.58. The van der Waals surface area contributed by atoms with Crippen molar-refractivity contribution >= 4 is 11.6 Å². The monoisotopic (exact) mass is 266 g/mol. The lowest BCUT2D eigenvalue weighted by Crippen LogP contribution is -2.20. The molecule has 2 nitrogen and oxygen atoms in total. The van der Waals surface area contributed by atoms with Crippen LogP contribution in [-0.2, 0) is 5.60 Å². The number of hydrogen-bond donors (Lipinski definition) is 1. The molecule has 0 unspecified atom stereocenters. The van der Waals surface area contributed by atoms with Gasteiger partial charge in [0, 0.05) is 5.56 Å². The van der Waals surface area contributed by atoms with Gasteiger partial charge in [-0.3, -0.25) is 0 Å². The minimum absolute atomic E-state index is 0.629. The largest absolute Gasteiger partial charge is 0.491 e. The van der Waals surface area contributed by atoms with Gasteiger partial charge in [0.2, 0.25) is 0 Å². The Morgan fingerprint density at radius 3 is 2.67 bits per heavy atom. The Balaban J connectivity index is 1.85. The quantitative estimate of drug-likeness (QED) is 0.898. The van der Waals surface area contributed by atoms with Crippen LogP contribution in [0.2, 0.25) is 5.02 Å². The molecule has 2 saturated carbocycles. The van der Waals surface area contributed by atoms with Crippen molar-refractivity contribution in [3.63, 3.8) is 0 Å². The smallest absolute Gasteiger partial charge is 0.143 e. The lowest BCUT2D eigenvalue weighted by atomic mass is 9.86. The number of hydrogen-bond acceptors (Lipinski definition) is 2. The highest BCUT2D eigenvalue weighted by atomic mass is 35.5. The average molecular weight is 267 g/mol. The van der Waals surface area contributed by atoms with Gasteiger partial charge >= 0.3 is 0 Å². The summed E-state index contributed by atoms with van der Waals surface area (Å²) in [6, 6.07) is 3.92. The molecule has 0 spiro atoms. The number of benzene rings is 1. The highest BCUT2D eigenvalue weighted by Crippen LogP contribution is 2.51. The fraction of sp³-hybridized carbons (Fsp3) is 0.600. The molecule has 98 valence electrons. The van der Waals surface area contributed by atoms with Gasteiger partial charge in [0.25, 0.3) is 0 Å². The van der Waals surface area contributed by atoms with Gasteiger partial charge in [0.15, 0.2) is 0 Å². The summed E-state index contributed by atoms with van der Waals surface area (Å²) in [5.41, 5.74) is 1.27. The molecular formula is C15H19ClO2. The Kier molecular flexibility index (Phi) is 3.03. The zero-order chi connectivity index (χ0) is 12.8. The first kappa shape index (κ1) is 12.3. The molecule has 0 amide bonds. The summed E-state index contributed by atoms with van der Waals surface area (Å²) < 4.78 is 5.90. The highest BCUT2D eigenvalue weighted by Gasteiger charge is 2.45. The Hall–Kier alpha value is -0.730. The van der Waals surface area contributed by atoms with Crippen LogP contribution >= 0.6 is 11.6 Å². The second kappa shape index (κ2) is 4.43. The first-order valence-corrected chi connectivity index (χ1v) is 7.12. The lowest BCUT2D eigenvalue weighted by Gasteiger charge is -2.26. The molecule has 0 bridgehead atoms. The van der Waals surface area contributed by atoms with E-state index in [0.29, 0.717) is 16.7 Å². The predicted octanol–water partition coefficient (Wildman–Crippen LogP) is 3.81. The van der Waals surface area contributed by atoms with Crippen LogP contribution in [0, 0.1) is 12.8 Å². The van der Waals surface area contributed by atoms with Crippen molar-refractivity contribution in [1.82, 2.24) is 0 Å². The third kappa shape index (κ3) is 2.24. The van der Waals surface area contributed by atoms with Crippen molar-refractivity contribution in [2.75, 3.05) is 6.61 Å². The fourth-order valence-electron chi connectivity index (χ4n) is 2.47. The first-order valence-electron chi connectivity index (χ1n) is 6.74. The topological polar surface area (TPSA) is 29.5 Å². The van der Waals surface area contributed by atoms with Gasteiger partial charge in [0.1, 0.15) is 5.75 Å². The Morgan fingerprint density at radius 2 is 2.11 bits per heavy atom. The van der Waals surface area contributed by atoms with Crippen LogP contribution in [0.15, 0.2) is 12.1 Å². The molecule has 0 saturated heterocycles. The van der Waals surface area contributed by atoms with Crippen molar-refractivity contribution in [1.29, 1.82) is 0 Å².